The van der Waals surface area contributed by atoms with Crippen LogP contribution >= 0.6 is 0 Å². The van der Waals surface area contributed by atoms with Crippen molar-refractivity contribution in [3.63, 3.8) is 0 Å². The van der Waals surface area contributed by atoms with E-state index in [0.717, 1.165) is 11.8 Å². The first-order valence-electron chi connectivity index (χ1n) is 10.3. The molecular weight excluding hydrogens is 392 g/mol. The second-order valence-corrected chi connectivity index (χ2v) is 9.07. The zero-order valence-electron chi connectivity index (χ0n) is 18.4. The average molecular weight is 429 g/mol. The van der Waals surface area contributed by atoms with Crippen LogP contribution in [0.15, 0.2) is 36.5 Å². The van der Waals surface area contributed by atoms with E-state index in [-0.39, 0.29) is 0 Å². The lowest BCUT2D eigenvalue weighted by Gasteiger charge is -2.29. The molecule has 0 amide bonds. The highest BCUT2D eigenvalue weighted by atomic mass is 35.7. The summed E-state index contributed by atoms with van der Waals surface area (Å²) in [6, 6.07) is 9.75. The molecule has 1 aromatic rings. The minimum atomic E-state index is -4.69. The summed E-state index contributed by atoms with van der Waals surface area (Å²) in [5.41, 5.74) is 2.92. The highest BCUT2D eigenvalue weighted by Crippen LogP contribution is 2.37. The quantitative estimate of drug-likeness (QED) is 0.703. The lowest BCUT2D eigenvalue weighted by Crippen LogP contribution is -2.58. The van der Waals surface area contributed by atoms with Crippen LogP contribution in [0.5, 0.6) is 0 Å². The van der Waals surface area contributed by atoms with Gasteiger partial charge < -0.3 is 4.90 Å². The summed E-state index contributed by atoms with van der Waals surface area (Å²) in [5.74, 6) is 1.77. The number of benzene rings is 1. The van der Waals surface area contributed by atoms with Crippen molar-refractivity contribution in [3.05, 3.63) is 47.7 Å². The second kappa shape index (κ2) is 12.5. The van der Waals surface area contributed by atoms with Crippen LogP contribution in [0.2, 0.25) is 0 Å². The number of nitrogens with zero attached hydrogens (tertiary/aromatic N) is 2. The lowest BCUT2D eigenvalue weighted by atomic mass is 9.77. The summed E-state index contributed by atoms with van der Waals surface area (Å²) in [7, 11) is 3.74. The van der Waals surface area contributed by atoms with E-state index < -0.39 is 10.2 Å². The van der Waals surface area contributed by atoms with Gasteiger partial charge in [0.1, 0.15) is 0 Å². The molecule has 1 aliphatic carbocycles. The second-order valence-electron chi connectivity index (χ2n) is 8.28. The number of rotatable bonds is 7. The van der Waals surface area contributed by atoms with Crippen LogP contribution in [0.1, 0.15) is 68.5 Å². The molecule has 1 fully saturated rings. The third kappa shape index (κ3) is 11.0. The van der Waals surface area contributed by atoms with Crippen LogP contribution < -0.4 is 14.0 Å². The first-order chi connectivity index (χ1) is 13.5. The van der Waals surface area contributed by atoms with E-state index in [1.807, 2.05) is 0 Å². The molecule has 0 radical (unpaired) electrons. The zero-order chi connectivity index (χ0) is 22.0. The Morgan fingerprint density at radius 2 is 1.55 bits per heavy atom. The maximum absolute atomic E-state index is 8.60. The van der Waals surface area contributed by atoms with Crippen LogP contribution in [-0.4, -0.2) is 42.6 Å². The van der Waals surface area contributed by atoms with Crippen molar-refractivity contribution in [1.29, 1.82) is 0 Å². The molecule has 1 saturated carbocycles. The van der Waals surface area contributed by atoms with E-state index in [2.05, 4.69) is 81.5 Å². The van der Waals surface area contributed by atoms with Gasteiger partial charge in [-0.1, -0.05) is 44.0 Å². The van der Waals surface area contributed by atoms with Crippen molar-refractivity contribution in [2.24, 2.45) is 5.92 Å². The van der Waals surface area contributed by atoms with E-state index in [9.17, 15) is 0 Å². The summed E-state index contributed by atoms with van der Waals surface area (Å²) in [6.45, 7) is 2.32. The van der Waals surface area contributed by atoms with Crippen molar-refractivity contribution in [3.8, 4) is 0 Å². The molecule has 0 aliphatic heterocycles. The molecule has 1 aromatic carbocycles. The van der Waals surface area contributed by atoms with E-state index in [0.29, 0.717) is 6.04 Å². The molecule has 2 rings (SSSR count). The Morgan fingerprint density at radius 3 is 1.97 bits per heavy atom. The molecule has 166 valence electrons. The monoisotopic (exact) mass is 428 g/mol. The van der Waals surface area contributed by atoms with E-state index in [1.165, 1.54) is 44.1 Å². The maximum Gasteiger partial charge on any atom is 0.0777 e. The van der Waals surface area contributed by atoms with Gasteiger partial charge in [-0.05, 0) is 75.0 Å². The fourth-order valence-corrected chi connectivity index (χ4v) is 3.99. The number of hydrogen-bond donors (Lipinski definition) is 1. The summed E-state index contributed by atoms with van der Waals surface area (Å²) in [5, 5.41) is 0. The largest absolute Gasteiger partial charge is 0.384 e. The molecule has 29 heavy (non-hydrogen) atoms. The Labute approximate surface area is 178 Å². The summed E-state index contributed by atoms with van der Waals surface area (Å²) in [4.78, 5) is 4.37. The minimum absolute atomic E-state index is 0.335. The number of likely N-dealkylation sites (N-methyl/N-ethyl adjacent to an activating group) is 1. The Hall–Kier alpha value is -1.15. The Morgan fingerprint density at radius 1 is 1.03 bits per heavy atom. The SMILES string of the molecule is CCC[C@H]1CC[C@H](c2ccc(C(C=CN(C)C)N(C)C)cc2)CC1.[O-][Cl+3]([O-])([O-])O. The zero-order valence-corrected chi connectivity index (χ0v) is 19.1. The predicted molar refractivity (Wildman–Crippen MR) is 108 cm³/mol. The average Bonchev–Trinajstić information content (AvgIpc) is 2.61. The van der Waals surface area contributed by atoms with Gasteiger partial charge in [0.05, 0.1) is 20.9 Å². The molecule has 7 heteroatoms. The smallest absolute Gasteiger partial charge is 0.0777 e. The van der Waals surface area contributed by atoms with Crippen LogP contribution in [0.25, 0.3) is 0 Å². The molecule has 0 spiro atoms. The third-order valence-corrected chi connectivity index (χ3v) is 5.42. The van der Waals surface area contributed by atoms with Gasteiger partial charge in [0.2, 0.25) is 0 Å². The molecule has 0 heterocycles. The molecule has 1 atom stereocenters. The van der Waals surface area contributed by atoms with Crippen LogP contribution in [0.4, 0.5) is 0 Å². The van der Waals surface area contributed by atoms with E-state index >= 15 is 0 Å². The van der Waals surface area contributed by atoms with Gasteiger partial charge in [-0.2, -0.15) is 14.0 Å². The highest BCUT2D eigenvalue weighted by Gasteiger charge is 2.22. The van der Waals surface area contributed by atoms with Gasteiger partial charge in [-0.25, -0.2) is 0 Å². The molecule has 1 unspecified atom stereocenters. The molecule has 1 N–H and O–H groups in total. The summed E-state index contributed by atoms with van der Waals surface area (Å²) in [6.07, 6.45) is 12.8. The highest BCUT2D eigenvalue weighted by molar-refractivity contribution is 5.29. The van der Waals surface area contributed by atoms with Gasteiger partial charge in [-0.3, -0.25) is 4.90 Å². The fraction of sp³-hybridized carbons (Fsp3) is 0.636. The van der Waals surface area contributed by atoms with Crippen molar-refractivity contribution >= 4 is 0 Å². The Bertz CT molecular complexity index is 586. The fourth-order valence-electron chi connectivity index (χ4n) is 3.99. The number of hydrogen-bond acceptors (Lipinski definition) is 6. The maximum atomic E-state index is 8.60. The van der Waals surface area contributed by atoms with Crippen LogP contribution in [0.3, 0.4) is 0 Å². The molecule has 6 nitrogen and oxygen atoms in total. The van der Waals surface area contributed by atoms with Crippen molar-refractivity contribution in [2.75, 3.05) is 28.2 Å². The van der Waals surface area contributed by atoms with E-state index in [4.69, 9.17) is 18.6 Å². The third-order valence-electron chi connectivity index (χ3n) is 5.42. The normalized spacial score (nSPS) is 21.0. The first kappa shape index (κ1) is 25.9. The van der Waals surface area contributed by atoms with Gasteiger partial charge in [0.25, 0.3) is 0 Å². The van der Waals surface area contributed by atoms with Crippen molar-refractivity contribution in [2.45, 2.75) is 57.4 Å². The topological polar surface area (TPSA) is 95.9 Å². The molecule has 1 aliphatic rings. The Balaban J connectivity index is 0.000000749. The first-order valence-corrected chi connectivity index (χ1v) is 11.5. The van der Waals surface area contributed by atoms with Crippen molar-refractivity contribution in [1.82, 2.24) is 9.80 Å². The van der Waals surface area contributed by atoms with E-state index in [1.54, 1.807) is 5.56 Å². The van der Waals surface area contributed by atoms with Gasteiger partial charge in [-0.15, -0.1) is 0 Å². The molecular formula is C22H37ClN2O4. The van der Waals surface area contributed by atoms with Crippen LogP contribution in [0, 0.1) is 16.2 Å². The predicted octanol–water partition coefficient (Wildman–Crippen LogP) is 1.31. The van der Waals surface area contributed by atoms with Gasteiger partial charge in [0.15, 0.2) is 0 Å². The summed E-state index contributed by atoms with van der Waals surface area (Å²) < 4.78 is 32.7. The van der Waals surface area contributed by atoms with Gasteiger partial charge in [0, 0.05) is 14.1 Å². The molecule has 0 saturated heterocycles. The molecule has 0 aromatic heterocycles. The minimum Gasteiger partial charge on any atom is -0.384 e. The Kier molecular flexibility index (Phi) is 11.2. The molecule has 0 bridgehead atoms. The standard InChI is InChI=1S/C22H36N2.ClHO4/c1-6-7-18-8-10-19(11-9-18)20-12-14-21(15-13-20)22(24(4)5)16-17-23(2)3;2-1(3,4)5/h12-19,22H,6-11H2,1-5H3;(H,2,3,4,5)/t18-,19-,22?;. The van der Waals surface area contributed by atoms with Crippen molar-refractivity contribution < 1.29 is 28.9 Å². The summed E-state index contributed by atoms with van der Waals surface area (Å²) >= 11 is 0. The van der Waals surface area contributed by atoms with Crippen LogP contribution in [-0.2, 0) is 0 Å². The number of halogens is 1. The van der Waals surface area contributed by atoms with Gasteiger partial charge >= 0.3 is 0 Å². The lowest BCUT2D eigenvalue weighted by molar-refractivity contribution is -1.92.